The first-order valence-corrected chi connectivity index (χ1v) is 6.28. The molecule has 1 rings (SSSR count). The lowest BCUT2D eigenvalue weighted by Gasteiger charge is -2.21. The highest BCUT2D eigenvalue weighted by Crippen LogP contribution is 2.19. The molecule has 0 aliphatic heterocycles. The zero-order valence-corrected chi connectivity index (χ0v) is 11.3. The Balaban J connectivity index is 2.56. The van der Waals surface area contributed by atoms with Gasteiger partial charge in [-0.15, -0.1) is 0 Å². The molecule has 0 unspecified atom stereocenters. The second-order valence-corrected chi connectivity index (χ2v) is 4.54. The minimum atomic E-state index is -4.25. The summed E-state index contributed by atoms with van der Waals surface area (Å²) in [5.41, 5.74) is 0.354. The third kappa shape index (κ3) is 5.61. The van der Waals surface area contributed by atoms with Crippen molar-refractivity contribution in [3.05, 3.63) is 34.9 Å². The molecule has 0 aliphatic rings. The van der Waals surface area contributed by atoms with Crippen LogP contribution in [0.1, 0.15) is 23.7 Å². The van der Waals surface area contributed by atoms with Gasteiger partial charge in [0.05, 0.1) is 11.6 Å². The van der Waals surface area contributed by atoms with Gasteiger partial charge in [0.1, 0.15) is 0 Å². The van der Waals surface area contributed by atoms with E-state index in [0.29, 0.717) is 10.6 Å². The van der Waals surface area contributed by atoms with Gasteiger partial charge < -0.3 is 0 Å². The molecule has 1 aromatic rings. The van der Waals surface area contributed by atoms with Gasteiger partial charge in [-0.05, 0) is 18.7 Å². The number of carbonyl (C=O) groups excluding carboxylic acids is 1. The van der Waals surface area contributed by atoms with Crippen molar-refractivity contribution in [3.63, 3.8) is 0 Å². The van der Waals surface area contributed by atoms with Crippen molar-refractivity contribution >= 4 is 17.4 Å². The fourth-order valence-corrected chi connectivity index (χ4v) is 1.93. The third-order valence-corrected chi connectivity index (χ3v) is 3.01. The van der Waals surface area contributed by atoms with Crippen molar-refractivity contribution in [1.29, 1.82) is 0 Å². The quantitative estimate of drug-likeness (QED) is 0.744. The van der Waals surface area contributed by atoms with E-state index in [4.69, 9.17) is 11.6 Å². The molecule has 0 saturated carbocycles. The lowest BCUT2D eigenvalue weighted by atomic mass is 10.1. The van der Waals surface area contributed by atoms with Crippen molar-refractivity contribution in [3.8, 4) is 0 Å². The Morgan fingerprint density at radius 1 is 1.32 bits per heavy atom. The predicted molar refractivity (Wildman–Crippen MR) is 68.6 cm³/mol. The number of alkyl halides is 3. The van der Waals surface area contributed by atoms with E-state index in [-0.39, 0.29) is 25.3 Å². The van der Waals surface area contributed by atoms with Gasteiger partial charge >= 0.3 is 6.18 Å². The molecule has 6 heteroatoms. The molecule has 2 nitrogen and oxygen atoms in total. The van der Waals surface area contributed by atoms with E-state index in [9.17, 15) is 18.0 Å². The summed E-state index contributed by atoms with van der Waals surface area (Å²) in [4.78, 5) is 13.0. The summed E-state index contributed by atoms with van der Waals surface area (Å²) in [6.45, 7) is 0.945. The van der Waals surface area contributed by atoms with Gasteiger partial charge in [-0.3, -0.25) is 9.69 Å². The number of ketones is 1. The Hall–Kier alpha value is -1.07. The maximum absolute atomic E-state index is 12.3. The fraction of sp³-hybridized carbons (Fsp3) is 0.462. The van der Waals surface area contributed by atoms with Crippen LogP contribution in [0.5, 0.6) is 0 Å². The zero-order valence-electron chi connectivity index (χ0n) is 10.5. The highest BCUT2D eigenvalue weighted by Gasteiger charge is 2.30. The van der Waals surface area contributed by atoms with E-state index in [2.05, 4.69) is 0 Å². The van der Waals surface area contributed by atoms with Crippen LogP contribution in [0.2, 0.25) is 5.02 Å². The Bertz CT molecular complexity index is 434. The van der Waals surface area contributed by atoms with Crippen molar-refractivity contribution in [2.24, 2.45) is 0 Å². The largest absolute Gasteiger partial charge is 0.401 e. The van der Waals surface area contributed by atoms with E-state index in [1.54, 1.807) is 31.2 Å². The number of benzene rings is 1. The Morgan fingerprint density at radius 3 is 2.47 bits per heavy atom. The molecule has 0 aliphatic carbocycles. The Morgan fingerprint density at radius 2 is 1.95 bits per heavy atom. The normalized spacial score (nSPS) is 11.9. The number of halogens is 4. The predicted octanol–water partition coefficient (Wildman–Crippen LogP) is 3.80. The van der Waals surface area contributed by atoms with Gasteiger partial charge in [0.2, 0.25) is 0 Å². The van der Waals surface area contributed by atoms with Crippen LogP contribution >= 0.6 is 11.6 Å². The fourth-order valence-electron chi connectivity index (χ4n) is 1.68. The Kier molecular flexibility index (Phi) is 5.82. The van der Waals surface area contributed by atoms with Crippen LogP contribution in [0.3, 0.4) is 0 Å². The molecule has 1 aromatic carbocycles. The van der Waals surface area contributed by atoms with Gasteiger partial charge in [-0.25, -0.2) is 0 Å². The van der Waals surface area contributed by atoms with E-state index in [1.807, 2.05) is 0 Å². The molecule has 0 radical (unpaired) electrons. The molecule has 0 N–H and O–H groups in total. The average molecular weight is 294 g/mol. The molecule has 106 valence electrons. The van der Waals surface area contributed by atoms with Gasteiger partial charge in [0.25, 0.3) is 0 Å². The summed E-state index contributed by atoms with van der Waals surface area (Å²) < 4.78 is 36.8. The van der Waals surface area contributed by atoms with Crippen LogP contribution in [0.15, 0.2) is 24.3 Å². The molecule has 0 heterocycles. The average Bonchev–Trinajstić information content (AvgIpc) is 2.33. The van der Waals surface area contributed by atoms with Crippen molar-refractivity contribution in [1.82, 2.24) is 4.90 Å². The molecule has 0 amide bonds. The molecule has 0 saturated heterocycles. The molecule has 0 aromatic heterocycles. The standard InChI is InChI=1S/C13H15ClF3NO/c1-2-18(9-13(15,16)17)8-7-12(19)10-5-3-4-6-11(10)14/h3-6H,2,7-9H2,1H3. The zero-order chi connectivity index (χ0) is 14.5. The van der Waals surface area contributed by atoms with E-state index >= 15 is 0 Å². The van der Waals surface area contributed by atoms with Gasteiger partial charge in [-0.1, -0.05) is 30.7 Å². The molecule has 0 bridgehead atoms. The van der Waals surface area contributed by atoms with Crippen LogP contribution in [0, 0.1) is 0 Å². The molecule has 0 atom stereocenters. The van der Waals surface area contributed by atoms with E-state index in [1.165, 1.54) is 4.90 Å². The van der Waals surface area contributed by atoms with Crippen molar-refractivity contribution in [2.45, 2.75) is 19.5 Å². The maximum Gasteiger partial charge on any atom is 0.401 e. The maximum atomic E-state index is 12.3. The smallest absolute Gasteiger partial charge is 0.295 e. The van der Waals surface area contributed by atoms with Crippen molar-refractivity contribution in [2.75, 3.05) is 19.6 Å². The lowest BCUT2D eigenvalue weighted by Crippen LogP contribution is -2.35. The highest BCUT2D eigenvalue weighted by molar-refractivity contribution is 6.33. The van der Waals surface area contributed by atoms with E-state index < -0.39 is 12.7 Å². The van der Waals surface area contributed by atoms with Gasteiger partial charge in [-0.2, -0.15) is 13.2 Å². The minimum absolute atomic E-state index is 0.0215. The van der Waals surface area contributed by atoms with Crippen LogP contribution in [0.4, 0.5) is 13.2 Å². The molecular weight excluding hydrogens is 279 g/mol. The first-order chi connectivity index (χ1) is 8.83. The molecule has 19 heavy (non-hydrogen) atoms. The van der Waals surface area contributed by atoms with Crippen LogP contribution < -0.4 is 0 Å². The van der Waals surface area contributed by atoms with Crippen LogP contribution in [-0.4, -0.2) is 36.5 Å². The highest BCUT2D eigenvalue weighted by atomic mass is 35.5. The van der Waals surface area contributed by atoms with E-state index in [0.717, 1.165) is 0 Å². The number of carbonyl (C=O) groups is 1. The van der Waals surface area contributed by atoms with Gasteiger partial charge in [0, 0.05) is 18.5 Å². The first-order valence-electron chi connectivity index (χ1n) is 5.90. The molecular formula is C13H15ClF3NO. The number of rotatable bonds is 6. The number of nitrogens with zero attached hydrogens (tertiary/aromatic N) is 1. The second kappa shape index (κ2) is 6.91. The number of hydrogen-bond acceptors (Lipinski definition) is 2. The second-order valence-electron chi connectivity index (χ2n) is 4.14. The van der Waals surface area contributed by atoms with Gasteiger partial charge in [0.15, 0.2) is 5.78 Å². The topological polar surface area (TPSA) is 20.3 Å². The SMILES string of the molecule is CCN(CCC(=O)c1ccccc1Cl)CC(F)(F)F. The summed E-state index contributed by atoms with van der Waals surface area (Å²) >= 11 is 5.86. The Labute approximate surface area is 115 Å². The summed E-state index contributed by atoms with van der Waals surface area (Å²) in [6, 6.07) is 6.53. The van der Waals surface area contributed by atoms with Crippen LogP contribution in [0.25, 0.3) is 0 Å². The number of Topliss-reactive ketones (excluding diaryl/α,β-unsaturated/α-hetero) is 1. The van der Waals surface area contributed by atoms with Crippen molar-refractivity contribution < 1.29 is 18.0 Å². The molecule has 0 fully saturated rings. The monoisotopic (exact) mass is 293 g/mol. The minimum Gasteiger partial charge on any atom is -0.295 e. The van der Waals surface area contributed by atoms with Crippen LogP contribution in [-0.2, 0) is 0 Å². The lowest BCUT2D eigenvalue weighted by molar-refractivity contribution is -0.145. The molecule has 0 spiro atoms. The number of hydrogen-bond donors (Lipinski definition) is 0. The first kappa shape index (κ1) is 16.0. The summed E-state index contributed by atoms with van der Waals surface area (Å²) in [5, 5.41) is 0.325. The third-order valence-electron chi connectivity index (χ3n) is 2.68. The summed E-state index contributed by atoms with van der Waals surface area (Å²) in [5.74, 6) is -0.244. The summed E-state index contributed by atoms with van der Waals surface area (Å²) in [7, 11) is 0. The summed E-state index contributed by atoms with van der Waals surface area (Å²) in [6.07, 6.45) is -4.23.